The first-order chi connectivity index (χ1) is 12.0. The van der Waals surface area contributed by atoms with Crippen LogP contribution in [0.25, 0.3) is 0 Å². The summed E-state index contributed by atoms with van der Waals surface area (Å²) in [7, 11) is 0. The SMILES string of the molecule is CC(Cc1ccc(O)c(O)c1)C(=O)N1CCN(c2ncccn2)CC1. The van der Waals surface area contributed by atoms with E-state index >= 15 is 0 Å². The van der Waals surface area contributed by atoms with E-state index in [0.717, 1.165) is 5.56 Å². The van der Waals surface area contributed by atoms with Crippen LogP contribution in [0, 0.1) is 5.92 Å². The van der Waals surface area contributed by atoms with Gasteiger partial charge in [-0.3, -0.25) is 4.79 Å². The molecule has 1 aliphatic heterocycles. The fourth-order valence-corrected chi connectivity index (χ4v) is 3.03. The Morgan fingerprint density at radius 2 is 1.80 bits per heavy atom. The van der Waals surface area contributed by atoms with E-state index in [0.29, 0.717) is 38.5 Å². The summed E-state index contributed by atoms with van der Waals surface area (Å²) in [5.41, 5.74) is 0.826. The number of hydrogen-bond acceptors (Lipinski definition) is 6. The summed E-state index contributed by atoms with van der Waals surface area (Å²) in [4.78, 5) is 25.1. The van der Waals surface area contributed by atoms with Crippen LogP contribution >= 0.6 is 0 Å². The summed E-state index contributed by atoms with van der Waals surface area (Å²) >= 11 is 0. The number of phenolic OH excluding ortho intramolecular Hbond substituents is 2. The van der Waals surface area contributed by atoms with Gasteiger partial charge in [-0.1, -0.05) is 13.0 Å². The zero-order valence-corrected chi connectivity index (χ0v) is 14.2. The van der Waals surface area contributed by atoms with Gasteiger partial charge in [-0.05, 0) is 30.2 Å². The molecule has 0 radical (unpaired) electrons. The van der Waals surface area contributed by atoms with Gasteiger partial charge >= 0.3 is 0 Å². The second kappa shape index (κ2) is 7.38. The van der Waals surface area contributed by atoms with E-state index in [-0.39, 0.29) is 23.3 Å². The molecule has 0 bridgehead atoms. The topological polar surface area (TPSA) is 89.8 Å². The van der Waals surface area contributed by atoms with E-state index in [2.05, 4.69) is 14.9 Å². The van der Waals surface area contributed by atoms with Crippen LogP contribution in [-0.4, -0.2) is 57.2 Å². The molecule has 1 aromatic carbocycles. The number of piperazine rings is 1. The minimum atomic E-state index is -0.191. The Morgan fingerprint density at radius 1 is 1.12 bits per heavy atom. The predicted molar refractivity (Wildman–Crippen MR) is 93.5 cm³/mol. The van der Waals surface area contributed by atoms with Crippen molar-refractivity contribution in [3.8, 4) is 11.5 Å². The van der Waals surface area contributed by atoms with Gasteiger partial charge in [0.15, 0.2) is 11.5 Å². The normalized spacial score (nSPS) is 15.9. The van der Waals surface area contributed by atoms with Crippen molar-refractivity contribution in [1.29, 1.82) is 0 Å². The van der Waals surface area contributed by atoms with Crippen LogP contribution in [0.1, 0.15) is 12.5 Å². The maximum atomic E-state index is 12.7. The van der Waals surface area contributed by atoms with Crippen molar-refractivity contribution >= 4 is 11.9 Å². The van der Waals surface area contributed by atoms with E-state index in [1.165, 1.54) is 12.1 Å². The molecule has 1 unspecified atom stereocenters. The highest BCUT2D eigenvalue weighted by Gasteiger charge is 2.26. The Labute approximate surface area is 146 Å². The van der Waals surface area contributed by atoms with Gasteiger partial charge < -0.3 is 20.0 Å². The lowest BCUT2D eigenvalue weighted by atomic mass is 9.99. The lowest BCUT2D eigenvalue weighted by Crippen LogP contribution is -2.50. The predicted octanol–water partition coefficient (Wildman–Crippen LogP) is 1.42. The molecular weight excluding hydrogens is 320 g/mol. The third-order valence-corrected chi connectivity index (χ3v) is 4.43. The summed E-state index contributed by atoms with van der Waals surface area (Å²) in [6, 6.07) is 6.46. The third kappa shape index (κ3) is 3.99. The molecule has 0 aliphatic carbocycles. The Balaban J connectivity index is 1.55. The van der Waals surface area contributed by atoms with Crippen molar-refractivity contribution in [2.45, 2.75) is 13.3 Å². The van der Waals surface area contributed by atoms with Gasteiger partial charge in [-0.2, -0.15) is 0 Å². The van der Waals surface area contributed by atoms with Crippen LogP contribution in [0.15, 0.2) is 36.7 Å². The van der Waals surface area contributed by atoms with Crippen molar-refractivity contribution in [2.24, 2.45) is 5.92 Å². The lowest BCUT2D eigenvalue weighted by molar-refractivity contribution is -0.135. The maximum absolute atomic E-state index is 12.7. The number of benzene rings is 1. The number of phenols is 2. The van der Waals surface area contributed by atoms with E-state index in [1.54, 1.807) is 24.5 Å². The number of amides is 1. The number of carbonyl (C=O) groups excluding carboxylic acids is 1. The van der Waals surface area contributed by atoms with Gasteiger partial charge in [0.25, 0.3) is 0 Å². The third-order valence-electron chi connectivity index (χ3n) is 4.43. The number of aromatic hydroxyl groups is 2. The largest absolute Gasteiger partial charge is 0.504 e. The summed E-state index contributed by atoms with van der Waals surface area (Å²) in [6.45, 7) is 4.59. The van der Waals surface area contributed by atoms with E-state index in [4.69, 9.17) is 0 Å². The van der Waals surface area contributed by atoms with Crippen molar-refractivity contribution in [3.05, 3.63) is 42.2 Å². The van der Waals surface area contributed by atoms with E-state index in [9.17, 15) is 15.0 Å². The zero-order valence-electron chi connectivity index (χ0n) is 14.2. The number of carbonyl (C=O) groups is 1. The minimum absolute atomic E-state index is 0.0983. The summed E-state index contributed by atoms with van der Waals surface area (Å²) in [5, 5.41) is 18.9. The molecule has 132 valence electrons. The van der Waals surface area contributed by atoms with Crippen LogP contribution in [0.5, 0.6) is 11.5 Å². The fourth-order valence-electron chi connectivity index (χ4n) is 3.03. The van der Waals surface area contributed by atoms with Crippen molar-refractivity contribution in [1.82, 2.24) is 14.9 Å². The van der Waals surface area contributed by atoms with Crippen LogP contribution in [-0.2, 0) is 11.2 Å². The minimum Gasteiger partial charge on any atom is -0.504 e. The number of hydrogen-bond donors (Lipinski definition) is 2. The first-order valence-electron chi connectivity index (χ1n) is 8.36. The molecule has 3 rings (SSSR count). The summed E-state index contributed by atoms with van der Waals surface area (Å²) in [5.74, 6) is 0.294. The Kier molecular flexibility index (Phi) is 5.02. The highest BCUT2D eigenvalue weighted by molar-refractivity contribution is 5.79. The number of nitrogens with zero attached hydrogens (tertiary/aromatic N) is 4. The van der Waals surface area contributed by atoms with Gasteiger partial charge in [-0.25, -0.2) is 9.97 Å². The Bertz CT molecular complexity index is 730. The van der Waals surface area contributed by atoms with Crippen LogP contribution in [0.3, 0.4) is 0 Å². The van der Waals surface area contributed by atoms with Crippen molar-refractivity contribution < 1.29 is 15.0 Å². The molecule has 1 saturated heterocycles. The van der Waals surface area contributed by atoms with Gasteiger partial charge in [0, 0.05) is 44.5 Å². The molecule has 2 heterocycles. The van der Waals surface area contributed by atoms with Crippen LogP contribution in [0.2, 0.25) is 0 Å². The molecule has 25 heavy (non-hydrogen) atoms. The highest BCUT2D eigenvalue weighted by atomic mass is 16.3. The van der Waals surface area contributed by atoms with Crippen LogP contribution < -0.4 is 4.90 Å². The molecule has 0 saturated carbocycles. The molecule has 0 spiro atoms. The van der Waals surface area contributed by atoms with Gasteiger partial charge in [-0.15, -0.1) is 0 Å². The average molecular weight is 342 g/mol. The monoisotopic (exact) mass is 342 g/mol. The number of aromatic nitrogens is 2. The molecule has 1 aliphatic rings. The highest BCUT2D eigenvalue weighted by Crippen LogP contribution is 2.26. The average Bonchev–Trinajstić information content (AvgIpc) is 2.65. The van der Waals surface area contributed by atoms with E-state index < -0.39 is 0 Å². The van der Waals surface area contributed by atoms with Gasteiger partial charge in [0.2, 0.25) is 11.9 Å². The first kappa shape index (κ1) is 17.0. The molecule has 1 aromatic heterocycles. The molecule has 2 aromatic rings. The molecule has 1 amide bonds. The smallest absolute Gasteiger partial charge is 0.225 e. The second-order valence-corrected chi connectivity index (χ2v) is 6.29. The standard InChI is InChI=1S/C18H22N4O3/c1-13(11-14-3-4-15(23)16(24)12-14)17(25)21-7-9-22(10-8-21)18-19-5-2-6-20-18/h2-6,12-13,23-24H,7-11H2,1H3. The molecule has 1 fully saturated rings. The summed E-state index contributed by atoms with van der Waals surface area (Å²) < 4.78 is 0. The fraction of sp³-hybridized carbons (Fsp3) is 0.389. The number of rotatable bonds is 4. The maximum Gasteiger partial charge on any atom is 0.225 e. The van der Waals surface area contributed by atoms with Gasteiger partial charge in [0.05, 0.1) is 0 Å². The van der Waals surface area contributed by atoms with Crippen molar-refractivity contribution in [3.63, 3.8) is 0 Å². The molecule has 1 atom stereocenters. The van der Waals surface area contributed by atoms with E-state index in [1.807, 2.05) is 11.8 Å². The van der Waals surface area contributed by atoms with Gasteiger partial charge in [0.1, 0.15) is 0 Å². The molecule has 2 N–H and O–H groups in total. The first-order valence-corrected chi connectivity index (χ1v) is 8.36. The molecule has 7 heteroatoms. The quantitative estimate of drug-likeness (QED) is 0.817. The Hall–Kier alpha value is -2.83. The lowest BCUT2D eigenvalue weighted by Gasteiger charge is -2.36. The molecular formula is C18H22N4O3. The van der Waals surface area contributed by atoms with Crippen molar-refractivity contribution in [2.75, 3.05) is 31.1 Å². The second-order valence-electron chi connectivity index (χ2n) is 6.29. The zero-order chi connectivity index (χ0) is 17.8. The Morgan fingerprint density at radius 3 is 2.44 bits per heavy atom. The van der Waals surface area contributed by atoms with Crippen LogP contribution in [0.4, 0.5) is 5.95 Å². The summed E-state index contributed by atoms with van der Waals surface area (Å²) in [6.07, 6.45) is 3.96. The molecule has 7 nitrogen and oxygen atoms in total. The number of anilines is 1.